The lowest BCUT2D eigenvalue weighted by Crippen LogP contribution is -2.33. The van der Waals surface area contributed by atoms with E-state index >= 15 is 0 Å². The van der Waals surface area contributed by atoms with Gasteiger partial charge in [-0.15, -0.1) is 0 Å². The molecule has 2 heterocycles. The van der Waals surface area contributed by atoms with E-state index in [0.29, 0.717) is 28.8 Å². The summed E-state index contributed by atoms with van der Waals surface area (Å²) in [4.78, 5) is 19.0. The van der Waals surface area contributed by atoms with Gasteiger partial charge in [-0.1, -0.05) is 36.2 Å². The molecule has 0 aliphatic heterocycles. The predicted molar refractivity (Wildman–Crippen MR) is 109 cm³/mol. The van der Waals surface area contributed by atoms with Crippen molar-refractivity contribution in [2.75, 3.05) is 18.4 Å². The number of aryl methyl sites for hydroxylation is 2. The normalized spacial score (nSPS) is 11.3. The Morgan fingerprint density at radius 1 is 1.30 bits per heavy atom. The van der Waals surface area contributed by atoms with Crippen molar-refractivity contribution in [1.82, 2.24) is 19.7 Å². The van der Waals surface area contributed by atoms with E-state index in [-0.39, 0.29) is 12.5 Å². The molecule has 0 atom stereocenters. The summed E-state index contributed by atoms with van der Waals surface area (Å²) in [6, 6.07) is 7.20. The van der Waals surface area contributed by atoms with Crippen LogP contribution in [0.5, 0.6) is 0 Å². The molecule has 1 amide bonds. The molecule has 1 N–H and O–H groups in total. The Morgan fingerprint density at radius 3 is 2.67 bits per heavy atom. The van der Waals surface area contributed by atoms with Gasteiger partial charge in [-0.3, -0.25) is 14.4 Å². The Balaban J connectivity index is 1.70. The van der Waals surface area contributed by atoms with E-state index in [1.807, 2.05) is 32.0 Å². The summed E-state index contributed by atoms with van der Waals surface area (Å²) in [5, 5.41) is 9.05. The number of nitrogens with zero attached hydrogens (tertiary/aromatic N) is 4. The third kappa shape index (κ3) is 4.40. The van der Waals surface area contributed by atoms with Crippen molar-refractivity contribution >= 4 is 45.8 Å². The molecule has 0 saturated carbocycles. The second-order valence-corrected chi connectivity index (χ2v) is 7.19. The molecule has 0 spiro atoms. The molecule has 3 aromatic rings. The van der Waals surface area contributed by atoms with Crippen LogP contribution in [-0.2, 0) is 18.4 Å². The zero-order valence-corrected chi connectivity index (χ0v) is 17.0. The Morgan fingerprint density at radius 2 is 2.00 bits per heavy atom. The molecule has 0 radical (unpaired) electrons. The summed E-state index contributed by atoms with van der Waals surface area (Å²) < 4.78 is 1.77. The summed E-state index contributed by atoms with van der Waals surface area (Å²) in [6.07, 6.45) is 1.83. The van der Waals surface area contributed by atoms with Crippen molar-refractivity contribution in [1.29, 1.82) is 0 Å². The predicted octanol–water partition coefficient (Wildman–Crippen LogP) is 4.04. The molecule has 6 nitrogen and oxygen atoms in total. The van der Waals surface area contributed by atoms with Crippen molar-refractivity contribution in [3.05, 3.63) is 51.8 Å². The molecular formula is C19H21Cl2N5O. The minimum absolute atomic E-state index is 0.168. The first kappa shape index (κ1) is 19.6. The summed E-state index contributed by atoms with van der Waals surface area (Å²) in [6.45, 7) is 5.52. The third-order valence-electron chi connectivity index (χ3n) is 4.37. The highest BCUT2D eigenvalue weighted by Crippen LogP contribution is 2.29. The molecule has 1 aromatic carbocycles. The van der Waals surface area contributed by atoms with Crippen LogP contribution in [0.25, 0.3) is 11.0 Å². The zero-order valence-electron chi connectivity index (χ0n) is 15.5. The van der Waals surface area contributed by atoms with Gasteiger partial charge in [0, 0.05) is 25.2 Å². The minimum atomic E-state index is -0.168. The maximum absolute atomic E-state index is 12.4. The summed E-state index contributed by atoms with van der Waals surface area (Å²) in [7, 11) is 1.88. The number of pyridine rings is 1. The van der Waals surface area contributed by atoms with E-state index < -0.39 is 0 Å². The van der Waals surface area contributed by atoms with Gasteiger partial charge in [0.15, 0.2) is 5.65 Å². The maximum Gasteiger partial charge on any atom is 0.238 e. The molecule has 0 bridgehead atoms. The number of benzene rings is 1. The van der Waals surface area contributed by atoms with E-state index in [1.165, 1.54) is 0 Å². The van der Waals surface area contributed by atoms with E-state index in [4.69, 9.17) is 23.2 Å². The Kier molecular flexibility index (Phi) is 5.99. The second kappa shape index (κ2) is 8.25. The van der Waals surface area contributed by atoms with Crippen molar-refractivity contribution in [3.8, 4) is 0 Å². The van der Waals surface area contributed by atoms with Gasteiger partial charge in [0.25, 0.3) is 0 Å². The van der Waals surface area contributed by atoms with Crippen molar-refractivity contribution < 1.29 is 4.79 Å². The van der Waals surface area contributed by atoms with Gasteiger partial charge in [0.05, 0.1) is 28.0 Å². The first-order valence-electron chi connectivity index (χ1n) is 8.63. The number of para-hydroxylation sites is 1. The highest BCUT2D eigenvalue weighted by molar-refractivity contribution is 6.39. The topological polar surface area (TPSA) is 63.1 Å². The number of amides is 1. The molecule has 0 fully saturated rings. The van der Waals surface area contributed by atoms with E-state index in [2.05, 4.69) is 21.5 Å². The number of hydrogen-bond acceptors (Lipinski definition) is 4. The number of hydrogen-bond donors (Lipinski definition) is 1. The smallest absolute Gasteiger partial charge is 0.238 e. The molecule has 0 unspecified atom stereocenters. The summed E-state index contributed by atoms with van der Waals surface area (Å²) in [5.41, 5.74) is 3.27. The van der Waals surface area contributed by atoms with Crippen molar-refractivity contribution in [2.45, 2.75) is 20.4 Å². The van der Waals surface area contributed by atoms with Crippen LogP contribution in [0, 0.1) is 6.92 Å². The van der Waals surface area contributed by atoms with Crippen LogP contribution in [0.3, 0.4) is 0 Å². The Labute approximate surface area is 168 Å². The largest absolute Gasteiger partial charge is 0.322 e. The quantitative estimate of drug-likeness (QED) is 0.671. The molecule has 2 aromatic heterocycles. The zero-order chi connectivity index (χ0) is 19.6. The number of aromatic nitrogens is 3. The molecular weight excluding hydrogens is 385 g/mol. The molecule has 142 valence electrons. The maximum atomic E-state index is 12.4. The number of likely N-dealkylation sites (N-methyl/N-ethyl adjacent to an activating group) is 1. The molecule has 0 aliphatic carbocycles. The van der Waals surface area contributed by atoms with E-state index in [1.54, 1.807) is 22.9 Å². The van der Waals surface area contributed by atoms with Gasteiger partial charge in [-0.05, 0) is 37.2 Å². The van der Waals surface area contributed by atoms with Crippen LogP contribution in [0.2, 0.25) is 10.0 Å². The van der Waals surface area contributed by atoms with Crippen molar-refractivity contribution in [3.63, 3.8) is 0 Å². The van der Waals surface area contributed by atoms with Crippen LogP contribution >= 0.6 is 23.2 Å². The van der Waals surface area contributed by atoms with Gasteiger partial charge < -0.3 is 5.32 Å². The van der Waals surface area contributed by atoms with Gasteiger partial charge in [0.2, 0.25) is 5.91 Å². The molecule has 27 heavy (non-hydrogen) atoms. The fourth-order valence-corrected chi connectivity index (χ4v) is 3.47. The van der Waals surface area contributed by atoms with Crippen LogP contribution in [0.1, 0.15) is 18.2 Å². The van der Waals surface area contributed by atoms with E-state index in [9.17, 15) is 4.79 Å². The molecule has 0 aliphatic rings. The average Bonchev–Trinajstić information content (AvgIpc) is 2.91. The first-order valence-corrected chi connectivity index (χ1v) is 9.39. The lowest BCUT2D eigenvalue weighted by molar-refractivity contribution is -0.117. The van der Waals surface area contributed by atoms with Gasteiger partial charge in [-0.2, -0.15) is 5.10 Å². The molecule has 0 saturated heterocycles. The number of anilines is 1. The number of halogens is 2. The fraction of sp³-hybridized carbons (Fsp3) is 0.316. The number of nitrogens with one attached hydrogen (secondary N) is 1. The minimum Gasteiger partial charge on any atom is -0.322 e. The Hall–Kier alpha value is -2.15. The first-order chi connectivity index (χ1) is 12.9. The highest BCUT2D eigenvalue weighted by atomic mass is 35.5. The van der Waals surface area contributed by atoms with Gasteiger partial charge in [0.1, 0.15) is 0 Å². The fourth-order valence-electron chi connectivity index (χ4n) is 2.97. The summed E-state index contributed by atoms with van der Waals surface area (Å²) in [5.74, 6) is -0.168. The number of rotatable bonds is 6. The van der Waals surface area contributed by atoms with Crippen LogP contribution in [0.4, 0.5) is 5.69 Å². The SMILES string of the molecule is CCN(CC(=O)Nc1c(Cl)cccc1Cl)Cc1cnc2c(c1)c(C)nn2C. The van der Waals surface area contributed by atoms with Gasteiger partial charge in [-0.25, -0.2) is 4.98 Å². The van der Waals surface area contributed by atoms with E-state index in [0.717, 1.165) is 22.3 Å². The second-order valence-electron chi connectivity index (χ2n) is 6.37. The lowest BCUT2D eigenvalue weighted by atomic mass is 10.2. The number of carbonyl (C=O) groups is 1. The van der Waals surface area contributed by atoms with Gasteiger partial charge >= 0.3 is 0 Å². The molecule has 8 heteroatoms. The highest BCUT2D eigenvalue weighted by Gasteiger charge is 2.14. The van der Waals surface area contributed by atoms with Crippen LogP contribution in [-0.4, -0.2) is 38.7 Å². The molecule has 3 rings (SSSR count). The number of fused-ring (bicyclic) bond motifs is 1. The Bertz CT molecular complexity index is 965. The average molecular weight is 406 g/mol. The lowest BCUT2D eigenvalue weighted by Gasteiger charge is -2.20. The summed E-state index contributed by atoms with van der Waals surface area (Å²) >= 11 is 12.2. The standard InChI is InChI=1S/C19H21Cl2N5O/c1-4-26(11-17(27)23-18-15(20)6-5-7-16(18)21)10-13-8-14-12(2)24-25(3)19(14)22-9-13/h5-9H,4,10-11H2,1-3H3,(H,23,27). The monoisotopic (exact) mass is 405 g/mol. The number of carbonyl (C=O) groups excluding carboxylic acids is 1. The van der Waals surface area contributed by atoms with Crippen LogP contribution in [0.15, 0.2) is 30.5 Å². The van der Waals surface area contributed by atoms with Crippen LogP contribution < -0.4 is 5.32 Å². The third-order valence-corrected chi connectivity index (χ3v) is 5.00. The van der Waals surface area contributed by atoms with Crippen molar-refractivity contribution in [2.24, 2.45) is 7.05 Å².